The van der Waals surface area contributed by atoms with Gasteiger partial charge in [0, 0.05) is 46.0 Å². The van der Waals surface area contributed by atoms with Crippen molar-refractivity contribution in [2.45, 2.75) is 38.7 Å². The minimum atomic E-state index is 0.0170. The van der Waals surface area contributed by atoms with E-state index in [4.69, 9.17) is 9.57 Å². The van der Waals surface area contributed by atoms with E-state index in [1.54, 1.807) is 7.11 Å². The molecule has 2 rings (SSSR count). The van der Waals surface area contributed by atoms with Crippen LogP contribution < -0.4 is 0 Å². The van der Waals surface area contributed by atoms with E-state index in [9.17, 15) is 0 Å². The Bertz CT molecular complexity index is 281. The van der Waals surface area contributed by atoms with Crippen LogP contribution in [-0.2, 0) is 9.57 Å². The summed E-state index contributed by atoms with van der Waals surface area (Å²) in [4.78, 5) is 8.19. The van der Waals surface area contributed by atoms with Crippen LogP contribution in [0.1, 0.15) is 33.1 Å². The zero-order chi connectivity index (χ0) is 12.3. The lowest BCUT2D eigenvalue weighted by molar-refractivity contribution is -0.0634. The van der Waals surface area contributed by atoms with E-state index in [0.717, 1.165) is 45.5 Å². The highest BCUT2D eigenvalue weighted by Crippen LogP contribution is 2.35. The smallest absolute Gasteiger partial charge is 0.145 e. The first kappa shape index (κ1) is 12.8. The maximum absolute atomic E-state index is 5.74. The molecule has 0 aliphatic carbocycles. The Morgan fingerprint density at radius 3 is 2.65 bits per heavy atom. The molecule has 0 amide bonds. The number of rotatable bonds is 4. The molecule has 0 aromatic rings. The number of ether oxygens (including phenoxy) is 1. The van der Waals surface area contributed by atoms with Crippen LogP contribution in [0.25, 0.3) is 0 Å². The Labute approximate surface area is 104 Å². The average molecular weight is 240 g/mol. The van der Waals surface area contributed by atoms with Crippen molar-refractivity contribution < 1.29 is 9.57 Å². The number of piperidine rings is 1. The molecule has 0 bridgehead atoms. The van der Waals surface area contributed by atoms with Crippen LogP contribution in [0.5, 0.6) is 0 Å². The fourth-order valence-electron chi connectivity index (χ4n) is 2.53. The molecule has 0 atom stereocenters. The molecule has 2 aliphatic heterocycles. The molecule has 2 aliphatic rings. The Morgan fingerprint density at radius 2 is 2.12 bits per heavy atom. The fraction of sp³-hybridized carbons (Fsp3) is 0.923. The van der Waals surface area contributed by atoms with Gasteiger partial charge in [-0.1, -0.05) is 19.0 Å². The number of methoxy groups -OCH3 is 1. The fourth-order valence-corrected chi connectivity index (χ4v) is 2.53. The van der Waals surface area contributed by atoms with Crippen molar-refractivity contribution in [2.24, 2.45) is 11.1 Å². The van der Waals surface area contributed by atoms with Gasteiger partial charge in [-0.05, 0) is 5.92 Å². The molecule has 1 spiro atoms. The number of hydrogen-bond donors (Lipinski definition) is 0. The Kier molecular flexibility index (Phi) is 4.05. The van der Waals surface area contributed by atoms with Gasteiger partial charge in [-0.3, -0.25) is 0 Å². The van der Waals surface area contributed by atoms with Crippen molar-refractivity contribution in [3.63, 3.8) is 0 Å². The second-order valence-corrected chi connectivity index (χ2v) is 5.52. The van der Waals surface area contributed by atoms with Crippen LogP contribution in [0.3, 0.4) is 0 Å². The van der Waals surface area contributed by atoms with E-state index in [1.807, 2.05) is 0 Å². The third-order valence-electron chi connectivity index (χ3n) is 3.91. The van der Waals surface area contributed by atoms with Gasteiger partial charge in [-0.2, -0.15) is 0 Å². The molecule has 17 heavy (non-hydrogen) atoms. The number of likely N-dealkylation sites (tertiary alicyclic amines) is 1. The summed E-state index contributed by atoms with van der Waals surface area (Å²) in [6, 6.07) is 0. The molecule has 4 nitrogen and oxygen atoms in total. The third kappa shape index (κ3) is 2.99. The molecule has 0 N–H and O–H groups in total. The predicted octanol–water partition coefficient (Wildman–Crippen LogP) is 1.90. The van der Waals surface area contributed by atoms with Gasteiger partial charge in [0.15, 0.2) is 0 Å². The third-order valence-corrected chi connectivity index (χ3v) is 3.91. The summed E-state index contributed by atoms with van der Waals surface area (Å²) >= 11 is 0. The molecule has 2 heterocycles. The van der Waals surface area contributed by atoms with Crippen molar-refractivity contribution in [3.8, 4) is 0 Å². The summed E-state index contributed by atoms with van der Waals surface area (Å²) in [5.41, 5.74) is 1.25. The first-order valence-electron chi connectivity index (χ1n) is 6.61. The second kappa shape index (κ2) is 5.36. The minimum Gasteiger partial charge on any atom is -0.389 e. The van der Waals surface area contributed by atoms with Gasteiger partial charge in [0.25, 0.3) is 0 Å². The van der Waals surface area contributed by atoms with E-state index in [1.165, 1.54) is 5.71 Å². The summed E-state index contributed by atoms with van der Waals surface area (Å²) in [5, 5.41) is 4.27. The van der Waals surface area contributed by atoms with Crippen LogP contribution in [-0.4, -0.2) is 49.6 Å². The highest BCUT2D eigenvalue weighted by molar-refractivity contribution is 5.87. The molecule has 4 heteroatoms. The average Bonchev–Trinajstić information content (AvgIpc) is 2.73. The van der Waals surface area contributed by atoms with Crippen molar-refractivity contribution in [3.05, 3.63) is 0 Å². The Balaban J connectivity index is 1.80. The topological polar surface area (TPSA) is 34.1 Å². The molecule has 0 unspecified atom stereocenters. The number of hydrogen-bond acceptors (Lipinski definition) is 4. The molecular formula is C13H24N2O2. The lowest BCUT2D eigenvalue weighted by Gasteiger charge is -2.37. The lowest BCUT2D eigenvalue weighted by atomic mass is 9.85. The van der Waals surface area contributed by atoms with Gasteiger partial charge in [0.05, 0.1) is 12.3 Å². The van der Waals surface area contributed by atoms with Crippen molar-refractivity contribution in [1.29, 1.82) is 0 Å². The summed E-state index contributed by atoms with van der Waals surface area (Å²) in [6.45, 7) is 8.43. The van der Waals surface area contributed by atoms with E-state index >= 15 is 0 Å². The largest absolute Gasteiger partial charge is 0.389 e. The predicted molar refractivity (Wildman–Crippen MR) is 68.3 cm³/mol. The standard InChI is InChI=1S/C13H24N2O2/c1-11(2)12-10-13(17-14-12)4-6-15(7-5-13)8-9-16-3/h11H,4-10H2,1-3H3. The maximum atomic E-state index is 5.74. The van der Waals surface area contributed by atoms with Crippen molar-refractivity contribution in [1.82, 2.24) is 4.90 Å². The van der Waals surface area contributed by atoms with Gasteiger partial charge >= 0.3 is 0 Å². The molecular weight excluding hydrogens is 216 g/mol. The van der Waals surface area contributed by atoms with Gasteiger partial charge in [-0.25, -0.2) is 0 Å². The zero-order valence-corrected chi connectivity index (χ0v) is 11.2. The summed E-state index contributed by atoms with van der Waals surface area (Å²) < 4.78 is 5.11. The van der Waals surface area contributed by atoms with Crippen molar-refractivity contribution >= 4 is 5.71 Å². The molecule has 0 aromatic heterocycles. The Hall–Kier alpha value is -0.610. The highest BCUT2D eigenvalue weighted by Gasteiger charge is 2.42. The van der Waals surface area contributed by atoms with Gasteiger partial charge in [-0.15, -0.1) is 0 Å². The summed E-state index contributed by atoms with van der Waals surface area (Å²) in [7, 11) is 1.76. The van der Waals surface area contributed by atoms with Crippen LogP contribution in [0.4, 0.5) is 0 Å². The molecule has 98 valence electrons. The minimum absolute atomic E-state index is 0.0170. The number of oxime groups is 1. The van der Waals surface area contributed by atoms with Gasteiger partial charge < -0.3 is 14.5 Å². The molecule has 1 fully saturated rings. The van der Waals surface area contributed by atoms with E-state index < -0.39 is 0 Å². The normalized spacial score (nSPS) is 24.1. The monoisotopic (exact) mass is 240 g/mol. The maximum Gasteiger partial charge on any atom is 0.145 e. The summed E-state index contributed by atoms with van der Waals surface area (Å²) in [5.74, 6) is 0.515. The van der Waals surface area contributed by atoms with E-state index in [0.29, 0.717) is 5.92 Å². The molecule has 1 saturated heterocycles. The van der Waals surface area contributed by atoms with Crippen LogP contribution in [0.15, 0.2) is 5.16 Å². The quantitative estimate of drug-likeness (QED) is 0.752. The van der Waals surface area contributed by atoms with Crippen LogP contribution in [0.2, 0.25) is 0 Å². The molecule has 0 radical (unpaired) electrons. The molecule has 0 saturated carbocycles. The first-order chi connectivity index (χ1) is 8.15. The zero-order valence-electron chi connectivity index (χ0n) is 11.2. The summed E-state index contributed by atoms with van der Waals surface area (Å²) in [6.07, 6.45) is 3.22. The highest BCUT2D eigenvalue weighted by atomic mass is 16.7. The van der Waals surface area contributed by atoms with Crippen molar-refractivity contribution in [2.75, 3.05) is 33.4 Å². The van der Waals surface area contributed by atoms with Crippen LogP contribution >= 0.6 is 0 Å². The Morgan fingerprint density at radius 1 is 1.41 bits per heavy atom. The second-order valence-electron chi connectivity index (χ2n) is 5.52. The van der Waals surface area contributed by atoms with Gasteiger partial charge in [0.2, 0.25) is 0 Å². The SMILES string of the molecule is COCCN1CCC2(CC1)CC(C(C)C)=NO2. The lowest BCUT2D eigenvalue weighted by Crippen LogP contribution is -2.45. The first-order valence-corrected chi connectivity index (χ1v) is 6.61. The number of nitrogens with zero attached hydrogens (tertiary/aromatic N) is 2. The molecule has 0 aromatic carbocycles. The van der Waals surface area contributed by atoms with E-state index in [-0.39, 0.29) is 5.60 Å². The van der Waals surface area contributed by atoms with Gasteiger partial charge in [0.1, 0.15) is 5.60 Å². The van der Waals surface area contributed by atoms with Crippen LogP contribution in [0, 0.1) is 5.92 Å². The van der Waals surface area contributed by atoms with E-state index in [2.05, 4.69) is 23.9 Å².